The molecule has 0 atom stereocenters. The SMILES string of the molecule is C#C.C=C[CH]c1ccc(C(C)(C)C)cc1C(C)(C)C.[HH]. The van der Waals surface area contributed by atoms with Gasteiger partial charge in [0.25, 0.3) is 0 Å². The highest BCUT2D eigenvalue weighted by Gasteiger charge is 2.21. The van der Waals surface area contributed by atoms with Crippen LogP contribution in [0, 0.1) is 19.3 Å². The number of hydrogen-bond donors (Lipinski definition) is 0. The van der Waals surface area contributed by atoms with E-state index in [1.165, 1.54) is 16.7 Å². The van der Waals surface area contributed by atoms with Gasteiger partial charge in [0.15, 0.2) is 0 Å². The minimum atomic E-state index is 0. The van der Waals surface area contributed by atoms with Crippen LogP contribution in [0.5, 0.6) is 0 Å². The third kappa shape index (κ3) is 4.95. The maximum absolute atomic E-state index is 4.00. The van der Waals surface area contributed by atoms with Crippen LogP contribution in [-0.2, 0) is 10.8 Å². The Morgan fingerprint density at radius 1 is 1.00 bits per heavy atom. The number of benzene rings is 1. The van der Waals surface area contributed by atoms with E-state index in [2.05, 4.69) is 85.6 Å². The lowest BCUT2D eigenvalue weighted by atomic mass is 9.78. The van der Waals surface area contributed by atoms with Crippen molar-refractivity contribution in [1.82, 2.24) is 0 Å². The molecule has 0 heteroatoms. The number of hydrogen-bond acceptors (Lipinski definition) is 0. The minimum Gasteiger partial charge on any atom is -0.124 e. The zero-order chi connectivity index (χ0) is 15.3. The molecule has 0 fully saturated rings. The Kier molecular flexibility index (Phi) is 6.10. The van der Waals surface area contributed by atoms with Crippen molar-refractivity contribution in [1.29, 1.82) is 0 Å². The van der Waals surface area contributed by atoms with Gasteiger partial charge in [0, 0.05) is 7.85 Å². The summed E-state index contributed by atoms with van der Waals surface area (Å²) in [4.78, 5) is 0. The van der Waals surface area contributed by atoms with Gasteiger partial charge in [-0.1, -0.05) is 65.8 Å². The monoisotopic (exact) mass is 257 g/mol. The van der Waals surface area contributed by atoms with Crippen molar-refractivity contribution in [3.63, 3.8) is 0 Å². The van der Waals surface area contributed by atoms with Crippen LogP contribution in [0.15, 0.2) is 30.9 Å². The zero-order valence-electron chi connectivity index (χ0n) is 13.2. The predicted molar refractivity (Wildman–Crippen MR) is 89.4 cm³/mol. The molecule has 1 radical (unpaired) electrons. The van der Waals surface area contributed by atoms with E-state index in [-0.39, 0.29) is 12.3 Å². The first kappa shape index (κ1) is 17.5. The van der Waals surface area contributed by atoms with Gasteiger partial charge in [-0.15, -0.1) is 19.4 Å². The van der Waals surface area contributed by atoms with Gasteiger partial charge in [-0.05, 0) is 27.5 Å². The van der Waals surface area contributed by atoms with Crippen molar-refractivity contribution < 1.29 is 1.43 Å². The molecular formula is C19H29. The van der Waals surface area contributed by atoms with Gasteiger partial charge in [0.05, 0.1) is 0 Å². The topological polar surface area (TPSA) is 0 Å². The molecule has 1 aromatic carbocycles. The summed E-state index contributed by atoms with van der Waals surface area (Å²) in [6.45, 7) is 17.3. The van der Waals surface area contributed by atoms with Crippen LogP contribution in [-0.4, -0.2) is 0 Å². The molecule has 0 amide bonds. The number of rotatable bonds is 2. The fourth-order valence-corrected chi connectivity index (χ4v) is 1.94. The lowest BCUT2D eigenvalue weighted by Crippen LogP contribution is -2.18. The third-order valence-electron chi connectivity index (χ3n) is 3.02. The Morgan fingerprint density at radius 2 is 1.53 bits per heavy atom. The second kappa shape index (κ2) is 6.62. The summed E-state index contributed by atoms with van der Waals surface area (Å²) >= 11 is 0. The standard InChI is InChI=1S/C17H25.C2H2.H2/c1-8-9-13-10-11-14(16(2,3)4)12-15(13)17(5,6)7;1-2;/h8-12H,1H2,2-7H3;1-2H;1H. The summed E-state index contributed by atoms with van der Waals surface area (Å²) in [5.41, 5.74) is 4.43. The highest BCUT2D eigenvalue weighted by molar-refractivity contribution is 5.44. The first-order valence-electron chi connectivity index (χ1n) is 6.60. The average molecular weight is 257 g/mol. The van der Waals surface area contributed by atoms with E-state index in [1.807, 2.05) is 6.08 Å². The molecule has 1 rings (SSSR count). The van der Waals surface area contributed by atoms with Crippen LogP contribution in [0.3, 0.4) is 0 Å². The van der Waals surface area contributed by atoms with E-state index in [0.717, 1.165) is 0 Å². The molecule has 0 unspecified atom stereocenters. The van der Waals surface area contributed by atoms with Crippen LogP contribution in [0.4, 0.5) is 0 Å². The molecule has 0 spiro atoms. The molecule has 0 aliphatic carbocycles. The van der Waals surface area contributed by atoms with Gasteiger partial charge in [0.2, 0.25) is 0 Å². The second-order valence-electron chi connectivity index (χ2n) is 6.70. The Bertz CT molecular complexity index is 439. The summed E-state index contributed by atoms with van der Waals surface area (Å²) in [6.07, 6.45) is 12.0. The molecule has 0 saturated heterocycles. The molecule has 0 nitrogen and oxygen atoms in total. The van der Waals surface area contributed by atoms with Gasteiger partial charge in [-0.2, -0.15) is 0 Å². The van der Waals surface area contributed by atoms with Crippen molar-refractivity contribution >= 4 is 0 Å². The van der Waals surface area contributed by atoms with Crippen LogP contribution in [0.2, 0.25) is 0 Å². The molecule has 0 saturated carbocycles. The molecular weight excluding hydrogens is 228 g/mol. The maximum Gasteiger partial charge on any atom is 0.0122 e. The molecule has 0 aromatic heterocycles. The second-order valence-corrected chi connectivity index (χ2v) is 6.70. The van der Waals surface area contributed by atoms with Crippen molar-refractivity contribution in [2.45, 2.75) is 52.4 Å². The molecule has 19 heavy (non-hydrogen) atoms. The Morgan fingerprint density at radius 3 is 1.89 bits per heavy atom. The largest absolute Gasteiger partial charge is 0.124 e. The third-order valence-corrected chi connectivity index (χ3v) is 3.02. The van der Waals surface area contributed by atoms with Crippen LogP contribution in [0.25, 0.3) is 0 Å². The van der Waals surface area contributed by atoms with Crippen molar-refractivity contribution in [3.8, 4) is 12.8 Å². The minimum absolute atomic E-state index is 0. The van der Waals surface area contributed by atoms with Crippen LogP contribution in [0.1, 0.15) is 59.7 Å². The van der Waals surface area contributed by atoms with E-state index < -0.39 is 0 Å². The van der Waals surface area contributed by atoms with E-state index in [4.69, 9.17) is 0 Å². The quantitative estimate of drug-likeness (QED) is 0.612. The highest BCUT2D eigenvalue weighted by atomic mass is 14.3. The van der Waals surface area contributed by atoms with Crippen LogP contribution >= 0.6 is 0 Å². The van der Waals surface area contributed by atoms with Gasteiger partial charge >= 0.3 is 0 Å². The summed E-state index contributed by atoms with van der Waals surface area (Å²) in [5, 5.41) is 0. The number of terminal acetylenes is 1. The maximum atomic E-state index is 4.00. The van der Waals surface area contributed by atoms with E-state index >= 15 is 0 Å². The van der Waals surface area contributed by atoms with Gasteiger partial charge < -0.3 is 0 Å². The lowest BCUT2D eigenvalue weighted by molar-refractivity contribution is 0.566. The van der Waals surface area contributed by atoms with Crippen molar-refractivity contribution in [2.75, 3.05) is 0 Å². The predicted octanol–water partition coefficient (Wildman–Crippen LogP) is 5.52. The lowest BCUT2D eigenvalue weighted by Gasteiger charge is -2.27. The van der Waals surface area contributed by atoms with E-state index in [1.54, 1.807) is 0 Å². The molecule has 0 aliphatic rings. The Balaban J connectivity index is 0. The molecule has 0 N–H and O–H groups in total. The average Bonchev–Trinajstić information content (AvgIpc) is 2.29. The zero-order valence-corrected chi connectivity index (χ0v) is 13.2. The van der Waals surface area contributed by atoms with Gasteiger partial charge in [-0.3, -0.25) is 0 Å². The van der Waals surface area contributed by atoms with Gasteiger partial charge in [-0.25, -0.2) is 0 Å². The summed E-state index contributed by atoms with van der Waals surface area (Å²) in [7, 11) is 0. The highest BCUT2D eigenvalue weighted by Crippen LogP contribution is 2.32. The van der Waals surface area contributed by atoms with Crippen molar-refractivity contribution in [2.24, 2.45) is 0 Å². The Hall–Kier alpha value is -1.48. The molecule has 0 bridgehead atoms. The van der Waals surface area contributed by atoms with E-state index in [9.17, 15) is 0 Å². The molecule has 1 aromatic rings. The fourth-order valence-electron chi connectivity index (χ4n) is 1.94. The van der Waals surface area contributed by atoms with E-state index in [0.29, 0.717) is 0 Å². The summed E-state index contributed by atoms with van der Waals surface area (Å²) in [6, 6.07) is 6.78. The van der Waals surface area contributed by atoms with Crippen molar-refractivity contribution in [3.05, 3.63) is 54.0 Å². The first-order chi connectivity index (χ1) is 8.66. The summed E-state index contributed by atoms with van der Waals surface area (Å²) < 4.78 is 0. The first-order valence-corrected chi connectivity index (χ1v) is 6.60. The molecule has 105 valence electrons. The normalized spacial score (nSPS) is 11.4. The van der Waals surface area contributed by atoms with Gasteiger partial charge in [0.1, 0.15) is 0 Å². The smallest absolute Gasteiger partial charge is 0.0122 e. The fraction of sp³-hybridized carbons (Fsp3) is 0.421. The number of allylic oxidation sites excluding steroid dienone is 1. The molecule has 0 aliphatic heterocycles. The summed E-state index contributed by atoms with van der Waals surface area (Å²) in [5.74, 6) is 0. The van der Waals surface area contributed by atoms with Crippen LogP contribution < -0.4 is 0 Å². The Labute approximate surface area is 121 Å². The molecule has 0 heterocycles.